The van der Waals surface area contributed by atoms with Gasteiger partial charge >= 0.3 is 12.0 Å². The van der Waals surface area contributed by atoms with Gasteiger partial charge in [-0.1, -0.05) is 0 Å². The first-order valence-electron chi connectivity index (χ1n) is 6.32. The highest BCUT2D eigenvalue weighted by Crippen LogP contribution is 2.12. The largest absolute Gasteiger partial charge is 0.480 e. The zero-order valence-corrected chi connectivity index (χ0v) is 11.8. The molecule has 0 spiro atoms. The smallest absolute Gasteiger partial charge is 0.326 e. The zero-order valence-electron chi connectivity index (χ0n) is 11.8. The molecular formula is C13H18N4O4. The molecule has 0 aliphatic carbocycles. The van der Waals surface area contributed by atoms with Crippen molar-refractivity contribution in [2.45, 2.75) is 32.7 Å². The Hall–Kier alpha value is -2.64. The van der Waals surface area contributed by atoms with Crippen molar-refractivity contribution in [2.75, 3.05) is 5.32 Å². The number of rotatable bonds is 6. The van der Waals surface area contributed by atoms with Crippen LogP contribution in [0.2, 0.25) is 0 Å². The number of nitrogens with two attached hydrogens (primary N) is 1. The summed E-state index contributed by atoms with van der Waals surface area (Å²) >= 11 is 0. The van der Waals surface area contributed by atoms with Crippen molar-refractivity contribution in [1.29, 1.82) is 0 Å². The van der Waals surface area contributed by atoms with Crippen LogP contribution in [0.15, 0.2) is 12.1 Å². The van der Waals surface area contributed by atoms with Gasteiger partial charge in [0.15, 0.2) is 0 Å². The summed E-state index contributed by atoms with van der Waals surface area (Å²) in [7, 11) is 0. The molecule has 8 heteroatoms. The Morgan fingerprint density at radius 2 is 2.00 bits per heavy atom. The predicted molar refractivity (Wildman–Crippen MR) is 75.7 cm³/mol. The number of anilines is 1. The Labute approximate surface area is 121 Å². The van der Waals surface area contributed by atoms with Gasteiger partial charge in [0, 0.05) is 12.1 Å². The number of pyridine rings is 1. The molecule has 0 unspecified atom stereocenters. The van der Waals surface area contributed by atoms with E-state index in [9.17, 15) is 14.4 Å². The quantitative estimate of drug-likeness (QED) is 0.607. The molecule has 0 saturated heterocycles. The van der Waals surface area contributed by atoms with E-state index in [1.54, 1.807) is 19.1 Å². The molecule has 0 fully saturated rings. The van der Waals surface area contributed by atoms with E-state index in [4.69, 9.17) is 10.8 Å². The van der Waals surface area contributed by atoms with E-state index in [1.165, 1.54) is 0 Å². The molecule has 0 radical (unpaired) electrons. The molecule has 0 bridgehead atoms. The summed E-state index contributed by atoms with van der Waals surface area (Å²) in [5, 5.41) is 13.8. The summed E-state index contributed by atoms with van der Waals surface area (Å²) in [6.45, 7) is 3.55. The second-order valence-electron chi connectivity index (χ2n) is 4.58. The van der Waals surface area contributed by atoms with Crippen LogP contribution in [0.1, 0.15) is 24.2 Å². The number of hydrogen-bond acceptors (Lipinski definition) is 4. The van der Waals surface area contributed by atoms with E-state index in [-0.39, 0.29) is 12.8 Å². The van der Waals surface area contributed by atoms with Crippen LogP contribution in [-0.2, 0) is 9.59 Å². The number of nitrogens with zero attached hydrogens (tertiary/aromatic N) is 1. The SMILES string of the molecule is Cc1ccc(NC(=O)N[C@H](CCC(N)=O)C(=O)O)c(C)n1. The number of amides is 3. The van der Waals surface area contributed by atoms with Gasteiger partial charge in [-0.15, -0.1) is 0 Å². The van der Waals surface area contributed by atoms with E-state index < -0.39 is 23.9 Å². The lowest BCUT2D eigenvalue weighted by molar-refractivity contribution is -0.139. The number of aliphatic carboxylic acids is 1. The third kappa shape index (κ3) is 5.47. The number of carbonyl (C=O) groups is 3. The topological polar surface area (TPSA) is 134 Å². The fraction of sp³-hybridized carbons (Fsp3) is 0.385. The normalized spacial score (nSPS) is 11.5. The molecule has 0 aliphatic heterocycles. The molecule has 0 saturated carbocycles. The highest BCUT2D eigenvalue weighted by atomic mass is 16.4. The molecule has 5 N–H and O–H groups in total. The number of aryl methyl sites for hydroxylation is 2. The Morgan fingerprint density at radius 3 is 2.52 bits per heavy atom. The van der Waals surface area contributed by atoms with Crippen molar-refractivity contribution in [3.63, 3.8) is 0 Å². The van der Waals surface area contributed by atoms with Gasteiger partial charge in [-0.25, -0.2) is 9.59 Å². The van der Waals surface area contributed by atoms with Crippen LogP contribution in [0.4, 0.5) is 10.5 Å². The summed E-state index contributed by atoms with van der Waals surface area (Å²) in [5.74, 6) is -1.85. The van der Waals surface area contributed by atoms with E-state index in [0.29, 0.717) is 11.4 Å². The summed E-state index contributed by atoms with van der Waals surface area (Å²) in [6.07, 6.45) is -0.189. The molecule has 0 aromatic carbocycles. The fourth-order valence-corrected chi connectivity index (χ4v) is 1.68. The van der Waals surface area contributed by atoms with Crippen LogP contribution in [0, 0.1) is 13.8 Å². The van der Waals surface area contributed by atoms with Gasteiger partial charge in [0.25, 0.3) is 0 Å². The third-order valence-corrected chi connectivity index (χ3v) is 2.76. The molecule has 0 aliphatic rings. The predicted octanol–water partition coefficient (Wildman–Crippen LogP) is 0.539. The number of carboxylic acid groups (broad SMARTS) is 1. The standard InChI is InChI=1S/C13H18N4O4/c1-7-3-4-9(8(2)15-7)16-13(21)17-10(12(19)20)5-6-11(14)18/h3-4,10H,5-6H2,1-2H3,(H2,14,18)(H,19,20)(H2,16,17,21)/t10-/m1/s1. The molecule has 1 rings (SSSR count). The second kappa shape index (κ2) is 7.22. The number of urea groups is 1. The lowest BCUT2D eigenvalue weighted by Gasteiger charge is -2.15. The van der Waals surface area contributed by atoms with Crippen LogP contribution in [0.3, 0.4) is 0 Å². The van der Waals surface area contributed by atoms with E-state index in [0.717, 1.165) is 5.69 Å². The Bertz CT molecular complexity index is 559. The van der Waals surface area contributed by atoms with Gasteiger partial charge in [0.05, 0.1) is 11.4 Å². The minimum absolute atomic E-state index is 0.0663. The summed E-state index contributed by atoms with van der Waals surface area (Å²) in [5.41, 5.74) is 6.87. The van der Waals surface area contributed by atoms with Crippen LogP contribution < -0.4 is 16.4 Å². The molecule has 3 amide bonds. The van der Waals surface area contributed by atoms with Crippen molar-refractivity contribution in [3.05, 3.63) is 23.5 Å². The maximum Gasteiger partial charge on any atom is 0.326 e. The highest BCUT2D eigenvalue weighted by Gasteiger charge is 2.20. The molecule has 21 heavy (non-hydrogen) atoms. The van der Waals surface area contributed by atoms with Gasteiger partial charge < -0.3 is 21.5 Å². The first kappa shape index (κ1) is 16.4. The minimum Gasteiger partial charge on any atom is -0.480 e. The van der Waals surface area contributed by atoms with Crippen molar-refractivity contribution < 1.29 is 19.5 Å². The summed E-state index contributed by atoms with van der Waals surface area (Å²) in [6, 6.07) is 1.54. The van der Waals surface area contributed by atoms with Crippen LogP contribution >= 0.6 is 0 Å². The molecule has 1 atom stereocenters. The van der Waals surface area contributed by atoms with Gasteiger partial charge in [-0.3, -0.25) is 9.78 Å². The van der Waals surface area contributed by atoms with Crippen molar-refractivity contribution >= 4 is 23.6 Å². The molecular weight excluding hydrogens is 276 g/mol. The summed E-state index contributed by atoms with van der Waals surface area (Å²) in [4.78, 5) is 37.6. The Balaban J connectivity index is 2.65. The maximum atomic E-state index is 11.8. The Kier molecular flexibility index (Phi) is 5.65. The highest BCUT2D eigenvalue weighted by molar-refractivity contribution is 5.92. The van der Waals surface area contributed by atoms with Crippen LogP contribution in [0.5, 0.6) is 0 Å². The average molecular weight is 294 g/mol. The molecule has 1 aromatic rings. The van der Waals surface area contributed by atoms with Gasteiger partial charge in [0.1, 0.15) is 6.04 Å². The monoisotopic (exact) mass is 294 g/mol. The first-order valence-corrected chi connectivity index (χ1v) is 6.32. The van der Waals surface area contributed by atoms with Gasteiger partial charge in [-0.2, -0.15) is 0 Å². The molecule has 8 nitrogen and oxygen atoms in total. The van der Waals surface area contributed by atoms with Gasteiger partial charge in [0.2, 0.25) is 5.91 Å². The van der Waals surface area contributed by atoms with E-state index in [1.807, 2.05) is 6.92 Å². The first-order chi connectivity index (χ1) is 9.79. The number of aromatic nitrogens is 1. The number of hydrogen-bond donors (Lipinski definition) is 4. The third-order valence-electron chi connectivity index (χ3n) is 2.76. The average Bonchev–Trinajstić information content (AvgIpc) is 2.37. The number of carbonyl (C=O) groups excluding carboxylic acids is 2. The van der Waals surface area contributed by atoms with Crippen LogP contribution in [0.25, 0.3) is 0 Å². The molecule has 1 aromatic heterocycles. The van der Waals surface area contributed by atoms with Crippen LogP contribution in [-0.4, -0.2) is 34.0 Å². The minimum atomic E-state index is -1.23. The fourth-order valence-electron chi connectivity index (χ4n) is 1.68. The molecule has 114 valence electrons. The van der Waals surface area contributed by atoms with Gasteiger partial charge in [-0.05, 0) is 32.4 Å². The van der Waals surface area contributed by atoms with Crippen molar-refractivity contribution in [1.82, 2.24) is 10.3 Å². The Morgan fingerprint density at radius 1 is 1.33 bits per heavy atom. The number of carboxylic acids is 1. The van der Waals surface area contributed by atoms with E-state index in [2.05, 4.69) is 15.6 Å². The van der Waals surface area contributed by atoms with E-state index >= 15 is 0 Å². The number of nitrogens with one attached hydrogen (secondary N) is 2. The van der Waals surface area contributed by atoms with Crippen molar-refractivity contribution in [3.8, 4) is 0 Å². The lowest BCUT2D eigenvalue weighted by atomic mass is 10.1. The zero-order chi connectivity index (χ0) is 16.0. The summed E-state index contributed by atoms with van der Waals surface area (Å²) < 4.78 is 0. The second-order valence-corrected chi connectivity index (χ2v) is 4.58. The van der Waals surface area contributed by atoms with Crippen molar-refractivity contribution in [2.24, 2.45) is 5.73 Å². The maximum absolute atomic E-state index is 11.8. The number of primary amides is 1. The molecule has 1 heterocycles. The lowest BCUT2D eigenvalue weighted by Crippen LogP contribution is -2.43.